The SMILES string of the molecule is CCOc1ccc(C(=O)Nc2ccc(F)c(C(F)(F)F)c2)nn1. The summed E-state index contributed by atoms with van der Waals surface area (Å²) in [7, 11) is 0. The lowest BCUT2D eigenvalue weighted by molar-refractivity contribution is -0.139. The number of alkyl halides is 3. The first-order chi connectivity index (χ1) is 10.8. The number of ether oxygens (including phenoxy) is 1. The van der Waals surface area contributed by atoms with E-state index in [2.05, 4.69) is 15.5 Å². The lowest BCUT2D eigenvalue weighted by atomic mass is 10.1. The second-order valence-electron chi connectivity index (χ2n) is 4.34. The Morgan fingerprint density at radius 2 is 1.96 bits per heavy atom. The Morgan fingerprint density at radius 3 is 2.52 bits per heavy atom. The minimum atomic E-state index is -4.86. The summed E-state index contributed by atoms with van der Waals surface area (Å²) in [5.74, 6) is -1.98. The molecule has 0 saturated carbocycles. The zero-order valence-electron chi connectivity index (χ0n) is 11.8. The van der Waals surface area contributed by atoms with Gasteiger partial charge >= 0.3 is 6.18 Å². The Labute approximate surface area is 128 Å². The standard InChI is InChI=1S/C14H11F4N3O2/c1-2-23-12-6-5-11(20-21-12)13(22)19-8-3-4-10(15)9(7-8)14(16,17)18/h3-7H,2H2,1H3,(H,19,22). The molecule has 1 aromatic carbocycles. The molecule has 1 amide bonds. The lowest BCUT2D eigenvalue weighted by Crippen LogP contribution is -2.16. The molecule has 122 valence electrons. The summed E-state index contributed by atoms with van der Waals surface area (Å²) in [6.07, 6.45) is -4.86. The molecule has 0 spiro atoms. The third kappa shape index (κ3) is 4.15. The second kappa shape index (κ2) is 6.59. The number of aromatic nitrogens is 2. The van der Waals surface area contributed by atoms with Crippen molar-refractivity contribution in [2.75, 3.05) is 11.9 Å². The maximum Gasteiger partial charge on any atom is 0.419 e. The molecule has 0 aliphatic heterocycles. The Kier molecular flexibility index (Phi) is 4.77. The van der Waals surface area contributed by atoms with Gasteiger partial charge in [-0.15, -0.1) is 10.2 Å². The lowest BCUT2D eigenvalue weighted by Gasteiger charge is -2.10. The van der Waals surface area contributed by atoms with Gasteiger partial charge in [-0.25, -0.2) is 4.39 Å². The quantitative estimate of drug-likeness (QED) is 0.874. The average molecular weight is 329 g/mol. The first-order valence-electron chi connectivity index (χ1n) is 6.46. The van der Waals surface area contributed by atoms with Gasteiger partial charge in [0.05, 0.1) is 12.2 Å². The summed E-state index contributed by atoms with van der Waals surface area (Å²) >= 11 is 0. The van der Waals surface area contributed by atoms with Gasteiger partial charge in [0.15, 0.2) is 5.69 Å². The molecule has 1 heterocycles. The molecule has 2 rings (SSSR count). The molecule has 23 heavy (non-hydrogen) atoms. The van der Waals surface area contributed by atoms with Gasteiger partial charge in [0.1, 0.15) is 5.82 Å². The summed E-state index contributed by atoms with van der Waals surface area (Å²) in [6.45, 7) is 2.12. The van der Waals surface area contributed by atoms with Crippen molar-refractivity contribution in [1.82, 2.24) is 10.2 Å². The van der Waals surface area contributed by atoms with Gasteiger partial charge in [-0.1, -0.05) is 0 Å². The Morgan fingerprint density at radius 1 is 1.22 bits per heavy atom. The van der Waals surface area contributed by atoms with Gasteiger partial charge in [0, 0.05) is 11.8 Å². The number of amides is 1. The first-order valence-corrected chi connectivity index (χ1v) is 6.46. The number of hydrogen-bond acceptors (Lipinski definition) is 4. The van der Waals surface area contributed by atoms with Crippen LogP contribution >= 0.6 is 0 Å². The minimum absolute atomic E-state index is 0.119. The molecule has 0 unspecified atom stereocenters. The van der Waals surface area contributed by atoms with Crippen LogP contribution < -0.4 is 10.1 Å². The van der Waals surface area contributed by atoms with Crippen molar-refractivity contribution in [2.45, 2.75) is 13.1 Å². The first kappa shape index (κ1) is 16.7. The zero-order chi connectivity index (χ0) is 17.0. The summed E-state index contributed by atoms with van der Waals surface area (Å²) in [5.41, 5.74) is -1.79. The van der Waals surface area contributed by atoms with Crippen LogP contribution in [0.4, 0.5) is 23.2 Å². The molecule has 5 nitrogen and oxygen atoms in total. The van der Waals surface area contributed by atoms with Gasteiger partial charge in [-0.3, -0.25) is 4.79 Å². The molecule has 2 aromatic rings. The van der Waals surface area contributed by atoms with Crippen molar-refractivity contribution in [1.29, 1.82) is 0 Å². The van der Waals surface area contributed by atoms with E-state index in [4.69, 9.17) is 4.74 Å². The van der Waals surface area contributed by atoms with E-state index >= 15 is 0 Å². The van der Waals surface area contributed by atoms with Gasteiger partial charge in [-0.2, -0.15) is 13.2 Å². The van der Waals surface area contributed by atoms with Gasteiger partial charge in [-0.05, 0) is 31.2 Å². The van der Waals surface area contributed by atoms with Gasteiger partial charge < -0.3 is 10.1 Å². The van der Waals surface area contributed by atoms with E-state index in [1.807, 2.05) is 0 Å². The monoisotopic (exact) mass is 329 g/mol. The fourth-order valence-corrected chi connectivity index (χ4v) is 1.68. The molecular formula is C14H11F4N3O2. The van der Waals surface area contributed by atoms with Crippen molar-refractivity contribution in [3.05, 3.63) is 47.4 Å². The predicted molar refractivity (Wildman–Crippen MR) is 72.6 cm³/mol. The van der Waals surface area contributed by atoms with Crippen LogP contribution in [-0.2, 0) is 6.18 Å². The molecule has 1 aromatic heterocycles. The number of carbonyl (C=O) groups excluding carboxylic acids is 1. The number of anilines is 1. The van der Waals surface area contributed by atoms with E-state index in [0.717, 1.165) is 6.07 Å². The molecule has 0 fully saturated rings. The highest BCUT2D eigenvalue weighted by Crippen LogP contribution is 2.33. The van der Waals surface area contributed by atoms with Crippen LogP contribution in [-0.4, -0.2) is 22.7 Å². The van der Waals surface area contributed by atoms with Crippen LogP contribution in [0.25, 0.3) is 0 Å². The molecule has 0 radical (unpaired) electrons. The van der Waals surface area contributed by atoms with Crippen LogP contribution in [0.5, 0.6) is 5.88 Å². The molecule has 0 aliphatic carbocycles. The topological polar surface area (TPSA) is 64.1 Å². The van der Waals surface area contributed by atoms with Crippen molar-refractivity contribution in [3.63, 3.8) is 0 Å². The number of hydrogen-bond donors (Lipinski definition) is 1. The number of nitrogens with zero attached hydrogens (tertiary/aromatic N) is 2. The van der Waals surface area contributed by atoms with Crippen LogP contribution in [0, 0.1) is 5.82 Å². The van der Waals surface area contributed by atoms with Crippen molar-refractivity contribution in [2.24, 2.45) is 0 Å². The summed E-state index contributed by atoms with van der Waals surface area (Å²) in [6, 6.07) is 4.86. The number of carbonyl (C=O) groups is 1. The van der Waals surface area contributed by atoms with E-state index in [1.54, 1.807) is 6.92 Å². The largest absolute Gasteiger partial charge is 0.477 e. The van der Waals surface area contributed by atoms with E-state index < -0.39 is 23.5 Å². The Balaban J connectivity index is 2.17. The number of benzene rings is 1. The van der Waals surface area contributed by atoms with E-state index in [0.29, 0.717) is 18.7 Å². The highest BCUT2D eigenvalue weighted by atomic mass is 19.4. The number of rotatable bonds is 4. The summed E-state index contributed by atoms with van der Waals surface area (Å²) in [4.78, 5) is 11.9. The summed E-state index contributed by atoms with van der Waals surface area (Å²) in [5, 5.41) is 9.43. The third-order valence-corrected chi connectivity index (χ3v) is 2.69. The van der Waals surface area contributed by atoms with E-state index in [-0.39, 0.29) is 17.3 Å². The normalized spacial score (nSPS) is 11.2. The van der Waals surface area contributed by atoms with Crippen molar-refractivity contribution in [3.8, 4) is 5.88 Å². The van der Waals surface area contributed by atoms with Gasteiger partial charge in [0.25, 0.3) is 5.91 Å². The van der Waals surface area contributed by atoms with Crippen LogP contribution in [0.3, 0.4) is 0 Å². The zero-order valence-corrected chi connectivity index (χ0v) is 11.8. The average Bonchev–Trinajstić information content (AvgIpc) is 2.49. The molecular weight excluding hydrogens is 318 g/mol. The van der Waals surface area contributed by atoms with Crippen LogP contribution in [0.1, 0.15) is 23.0 Å². The predicted octanol–water partition coefficient (Wildman–Crippen LogP) is 3.29. The second-order valence-corrected chi connectivity index (χ2v) is 4.34. The molecule has 0 bridgehead atoms. The van der Waals surface area contributed by atoms with E-state index in [9.17, 15) is 22.4 Å². The highest BCUT2D eigenvalue weighted by Gasteiger charge is 2.34. The maximum absolute atomic E-state index is 13.2. The smallest absolute Gasteiger partial charge is 0.419 e. The molecule has 0 atom stereocenters. The van der Waals surface area contributed by atoms with Gasteiger partial charge in [0.2, 0.25) is 5.88 Å². The molecule has 0 aliphatic rings. The van der Waals surface area contributed by atoms with Crippen molar-refractivity contribution >= 4 is 11.6 Å². The minimum Gasteiger partial charge on any atom is -0.477 e. The Hall–Kier alpha value is -2.71. The molecule has 1 N–H and O–H groups in total. The van der Waals surface area contributed by atoms with Crippen LogP contribution in [0.15, 0.2) is 30.3 Å². The molecule has 0 saturated heterocycles. The highest BCUT2D eigenvalue weighted by molar-refractivity contribution is 6.02. The maximum atomic E-state index is 13.2. The summed E-state index contributed by atoms with van der Waals surface area (Å²) < 4.78 is 56.1. The van der Waals surface area contributed by atoms with E-state index in [1.165, 1.54) is 12.1 Å². The fraction of sp³-hybridized carbons (Fsp3) is 0.214. The fourth-order valence-electron chi connectivity index (χ4n) is 1.68. The van der Waals surface area contributed by atoms with Crippen molar-refractivity contribution < 1.29 is 27.1 Å². The number of nitrogens with one attached hydrogen (secondary N) is 1. The third-order valence-electron chi connectivity index (χ3n) is 2.69. The number of halogens is 4. The molecule has 9 heteroatoms. The Bertz CT molecular complexity index is 702. The van der Waals surface area contributed by atoms with Crippen LogP contribution in [0.2, 0.25) is 0 Å².